The second-order valence-electron chi connectivity index (χ2n) is 6.49. The maximum absolute atomic E-state index is 12.3. The summed E-state index contributed by atoms with van der Waals surface area (Å²) in [4.78, 5) is 24.3. The Bertz CT molecular complexity index is 1120. The van der Waals surface area contributed by atoms with Gasteiger partial charge >= 0.3 is 11.4 Å². The van der Waals surface area contributed by atoms with Gasteiger partial charge < -0.3 is 4.42 Å². The van der Waals surface area contributed by atoms with Crippen molar-refractivity contribution in [1.29, 1.82) is 0 Å². The summed E-state index contributed by atoms with van der Waals surface area (Å²) in [6.07, 6.45) is 0.714. The molecule has 0 unspecified atom stereocenters. The normalized spacial score (nSPS) is 11.1. The van der Waals surface area contributed by atoms with Crippen LogP contribution >= 0.6 is 0 Å². The van der Waals surface area contributed by atoms with Crippen LogP contribution in [0, 0.1) is 0 Å². The fourth-order valence-electron chi connectivity index (χ4n) is 3.54. The lowest BCUT2D eigenvalue weighted by Crippen LogP contribution is -2.25. The van der Waals surface area contributed by atoms with Crippen molar-refractivity contribution in [2.75, 3.05) is 0 Å². The highest BCUT2D eigenvalue weighted by atomic mass is 16.4. The van der Waals surface area contributed by atoms with Gasteiger partial charge in [0.1, 0.15) is 0 Å². The Morgan fingerprint density at radius 3 is 1.93 bits per heavy atom. The number of fused-ring (bicyclic) bond motifs is 1. The van der Waals surface area contributed by atoms with Crippen molar-refractivity contribution in [3.63, 3.8) is 0 Å². The molecule has 0 N–H and O–H groups in total. The van der Waals surface area contributed by atoms with Gasteiger partial charge in [0.25, 0.3) is 0 Å². The predicted molar refractivity (Wildman–Crippen MR) is 106 cm³/mol. The number of para-hydroxylation sites is 1. The highest BCUT2D eigenvalue weighted by Crippen LogP contribution is 2.28. The molecule has 1 heterocycles. The summed E-state index contributed by atoms with van der Waals surface area (Å²) >= 11 is 0. The second kappa shape index (κ2) is 7.46. The first-order chi connectivity index (χ1) is 13.2. The Hall–Kier alpha value is -3.40. The van der Waals surface area contributed by atoms with Crippen molar-refractivity contribution >= 4 is 10.9 Å². The number of hydrogen-bond donors (Lipinski definition) is 0. The first-order valence-electron chi connectivity index (χ1n) is 8.96. The van der Waals surface area contributed by atoms with E-state index >= 15 is 0 Å². The largest absolute Gasteiger partial charge is 0.422 e. The van der Waals surface area contributed by atoms with Gasteiger partial charge in [0.2, 0.25) is 0 Å². The molecule has 134 valence electrons. The summed E-state index contributed by atoms with van der Waals surface area (Å²) in [5, 5.41) is 0.424. The number of aryl methyl sites for hydroxylation is 1. The molecule has 0 aliphatic carbocycles. The topological polar surface area (TPSA) is 52.2 Å². The average Bonchev–Trinajstić information content (AvgIpc) is 2.72. The molecule has 4 nitrogen and oxygen atoms in total. The van der Waals surface area contributed by atoms with Crippen molar-refractivity contribution in [2.45, 2.75) is 18.9 Å². The van der Waals surface area contributed by atoms with Crippen LogP contribution in [0.25, 0.3) is 10.9 Å². The molecule has 4 heteroatoms. The fourth-order valence-corrected chi connectivity index (χ4v) is 3.54. The third-order valence-electron chi connectivity index (χ3n) is 4.86. The molecule has 0 aliphatic rings. The third-order valence-corrected chi connectivity index (χ3v) is 4.86. The Balaban J connectivity index is 1.73. The summed E-state index contributed by atoms with van der Waals surface area (Å²) in [5.74, 6) is -0.469. The quantitative estimate of drug-likeness (QED) is 0.538. The molecule has 0 radical (unpaired) electrons. The van der Waals surface area contributed by atoms with Crippen LogP contribution in [0.15, 0.2) is 98.9 Å². The predicted octanol–water partition coefficient (Wildman–Crippen LogP) is 4.18. The molecule has 4 rings (SSSR count). The molecule has 27 heavy (non-hydrogen) atoms. The molecule has 0 fully saturated rings. The summed E-state index contributed by atoms with van der Waals surface area (Å²) in [6.45, 7) is 0.456. The van der Waals surface area contributed by atoms with Crippen LogP contribution in [0.3, 0.4) is 0 Å². The first kappa shape index (κ1) is 17.0. The van der Waals surface area contributed by atoms with Crippen LogP contribution in [0.2, 0.25) is 0 Å². The van der Waals surface area contributed by atoms with E-state index in [0.29, 0.717) is 23.9 Å². The molecule has 0 spiro atoms. The summed E-state index contributed by atoms with van der Waals surface area (Å²) < 4.78 is 6.47. The molecule has 0 saturated carbocycles. The Morgan fingerprint density at radius 1 is 0.741 bits per heavy atom. The van der Waals surface area contributed by atoms with Crippen LogP contribution < -0.4 is 11.4 Å². The molecule has 0 bridgehead atoms. The van der Waals surface area contributed by atoms with Gasteiger partial charge in [-0.2, -0.15) is 0 Å². The number of rotatable bonds is 5. The molecule has 0 atom stereocenters. The van der Waals surface area contributed by atoms with Crippen molar-refractivity contribution in [2.24, 2.45) is 0 Å². The molecule has 0 amide bonds. The average molecular weight is 357 g/mol. The van der Waals surface area contributed by atoms with Gasteiger partial charge in [0.05, 0.1) is 10.9 Å². The minimum absolute atomic E-state index is 0.144. The Morgan fingerprint density at radius 2 is 1.30 bits per heavy atom. The van der Waals surface area contributed by atoms with Gasteiger partial charge in [-0.3, -0.25) is 4.57 Å². The van der Waals surface area contributed by atoms with E-state index in [4.69, 9.17) is 4.42 Å². The maximum Gasteiger partial charge on any atom is 0.422 e. The van der Waals surface area contributed by atoms with Crippen molar-refractivity contribution < 1.29 is 4.42 Å². The minimum atomic E-state index is -0.612. The smallest absolute Gasteiger partial charge is 0.372 e. The van der Waals surface area contributed by atoms with Gasteiger partial charge in [-0.1, -0.05) is 72.8 Å². The van der Waals surface area contributed by atoms with E-state index in [9.17, 15) is 9.59 Å². The van der Waals surface area contributed by atoms with Gasteiger partial charge in [-0.15, -0.1) is 0 Å². The Labute approximate surface area is 156 Å². The van der Waals surface area contributed by atoms with Crippen LogP contribution in [0.5, 0.6) is 0 Å². The lowest BCUT2D eigenvalue weighted by molar-refractivity contribution is 0.409. The SMILES string of the molecule is O=c1oc(=O)n(CCC(c2ccccc2)c2ccccc2)c2ccccc12. The number of aromatic nitrogens is 1. The standard InChI is InChI=1S/C23H19NO3/c25-22-20-13-7-8-14-21(20)24(23(26)27-22)16-15-19(17-9-3-1-4-10-17)18-11-5-2-6-12-18/h1-14,19H,15-16H2. The molecule has 0 saturated heterocycles. The zero-order valence-corrected chi connectivity index (χ0v) is 14.7. The van der Waals surface area contributed by atoms with Crippen molar-refractivity contribution in [3.8, 4) is 0 Å². The lowest BCUT2D eigenvalue weighted by Gasteiger charge is -2.19. The first-order valence-corrected chi connectivity index (χ1v) is 8.96. The lowest BCUT2D eigenvalue weighted by atomic mass is 9.88. The van der Waals surface area contributed by atoms with Crippen LogP contribution in [-0.2, 0) is 6.54 Å². The van der Waals surface area contributed by atoms with E-state index < -0.39 is 11.4 Å². The monoisotopic (exact) mass is 357 g/mol. The van der Waals surface area contributed by atoms with E-state index in [1.54, 1.807) is 22.8 Å². The fraction of sp³-hybridized carbons (Fsp3) is 0.130. The van der Waals surface area contributed by atoms with Gasteiger partial charge in [0.15, 0.2) is 0 Å². The van der Waals surface area contributed by atoms with E-state index in [2.05, 4.69) is 24.3 Å². The minimum Gasteiger partial charge on any atom is -0.372 e. The van der Waals surface area contributed by atoms with E-state index in [1.165, 1.54) is 11.1 Å². The summed E-state index contributed by atoms with van der Waals surface area (Å²) in [7, 11) is 0. The van der Waals surface area contributed by atoms with Gasteiger partial charge in [0, 0.05) is 12.5 Å². The zero-order valence-electron chi connectivity index (χ0n) is 14.7. The zero-order chi connectivity index (χ0) is 18.6. The molecule has 1 aromatic heterocycles. The maximum atomic E-state index is 12.3. The van der Waals surface area contributed by atoms with Gasteiger partial charge in [-0.05, 0) is 29.7 Å². The van der Waals surface area contributed by atoms with Crippen LogP contribution in [0.1, 0.15) is 23.5 Å². The number of nitrogens with zero attached hydrogens (tertiary/aromatic N) is 1. The van der Waals surface area contributed by atoms with E-state index in [0.717, 1.165) is 0 Å². The molecular formula is C23H19NO3. The van der Waals surface area contributed by atoms with E-state index in [1.807, 2.05) is 42.5 Å². The molecule has 0 aliphatic heterocycles. The Kier molecular flexibility index (Phi) is 4.71. The molecular weight excluding hydrogens is 338 g/mol. The van der Waals surface area contributed by atoms with Crippen molar-refractivity contribution in [1.82, 2.24) is 4.57 Å². The van der Waals surface area contributed by atoms with Gasteiger partial charge in [-0.25, -0.2) is 9.59 Å². The molecule has 4 aromatic rings. The second-order valence-corrected chi connectivity index (χ2v) is 6.49. The highest BCUT2D eigenvalue weighted by molar-refractivity contribution is 5.77. The third kappa shape index (κ3) is 3.47. The number of hydrogen-bond acceptors (Lipinski definition) is 3. The van der Waals surface area contributed by atoms with Crippen LogP contribution in [-0.4, -0.2) is 4.57 Å². The summed E-state index contributed by atoms with van der Waals surface area (Å²) in [5.41, 5.74) is 2.41. The van der Waals surface area contributed by atoms with E-state index in [-0.39, 0.29) is 5.92 Å². The number of benzene rings is 3. The summed E-state index contributed by atoms with van der Waals surface area (Å²) in [6, 6.07) is 27.5. The van der Waals surface area contributed by atoms with Crippen LogP contribution in [0.4, 0.5) is 0 Å². The highest BCUT2D eigenvalue weighted by Gasteiger charge is 2.16. The molecule has 3 aromatic carbocycles. The van der Waals surface area contributed by atoms with Crippen molar-refractivity contribution in [3.05, 3.63) is 117 Å².